The predicted molar refractivity (Wildman–Crippen MR) is 131 cm³/mol. The van der Waals surface area contributed by atoms with E-state index in [9.17, 15) is 26.7 Å². The summed E-state index contributed by atoms with van der Waals surface area (Å²) in [6.07, 6.45) is -3.57. The van der Waals surface area contributed by atoms with E-state index in [1.54, 1.807) is 29.6 Å². The van der Waals surface area contributed by atoms with Gasteiger partial charge in [-0.05, 0) is 42.5 Å². The highest BCUT2D eigenvalue weighted by atomic mass is 32.2. The lowest BCUT2D eigenvalue weighted by atomic mass is 9.95. The zero-order valence-corrected chi connectivity index (χ0v) is 21.5. The molecule has 12 heteroatoms. The molecule has 3 aliphatic rings. The minimum atomic E-state index is -4.80. The number of halogens is 3. The molecule has 198 valence electrons. The minimum absolute atomic E-state index is 0.193. The number of alkyl halides is 3. The molecule has 0 radical (unpaired) electrons. The summed E-state index contributed by atoms with van der Waals surface area (Å²) in [5.41, 5.74) is -2.49. The molecule has 1 unspecified atom stereocenters. The summed E-state index contributed by atoms with van der Waals surface area (Å²) in [6.45, 7) is 4.77. The van der Waals surface area contributed by atoms with E-state index in [0.29, 0.717) is 28.9 Å². The third-order valence-corrected chi connectivity index (χ3v) is 10.8. The molecule has 0 amide bonds. The topological polar surface area (TPSA) is 73.3 Å². The molecule has 2 aromatic rings. The third kappa shape index (κ3) is 4.79. The number of piperazine rings is 1. The van der Waals surface area contributed by atoms with Crippen molar-refractivity contribution in [3.8, 4) is 0 Å². The fourth-order valence-corrected chi connectivity index (χ4v) is 8.04. The van der Waals surface area contributed by atoms with Crippen molar-refractivity contribution in [3.05, 3.63) is 47.3 Å². The van der Waals surface area contributed by atoms with E-state index in [4.69, 9.17) is 4.74 Å². The van der Waals surface area contributed by atoms with Crippen molar-refractivity contribution in [2.24, 2.45) is 5.92 Å². The van der Waals surface area contributed by atoms with Gasteiger partial charge >= 0.3 is 6.18 Å². The molecule has 7 nitrogen and oxygen atoms in total. The highest BCUT2D eigenvalue weighted by Crippen LogP contribution is 2.39. The average Bonchev–Trinajstić information content (AvgIpc) is 3.57. The first-order chi connectivity index (χ1) is 17.0. The zero-order valence-electron chi connectivity index (χ0n) is 19.9. The number of rotatable bonds is 6. The molecule has 4 atom stereocenters. The van der Waals surface area contributed by atoms with Gasteiger partial charge in [-0.1, -0.05) is 18.2 Å². The van der Waals surface area contributed by atoms with Crippen LogP contribution >= 0.6 is 11.3 Å². The van der Waals surface area contributed by atoms with Crippen LogP contribution in [0.1, 0.15) is 18.9 Å². The highest BCUT2D eigenvalue weighted by Gasteiger charge is 2.51. The monoisotopic (exact) mass is 545 g/mol. The lowest BCUT2D eigenvalue weighted by molar-refractivity contribution is -0.258. The van der Waals surface area contributed by atoms with Gasteiger partial charge in [0.1, 0.15) is 4.21 Å². The largest absolute Gasteiger partial charge is 0.421 e. The second-order valence-corrected chi connectivity index (χ2v) is 13.0. The van der Waals surface area contributed by atoms with Crippen molar-refractivity contribution in [1.29, 1.82) is 0 Å². The predicted octanol–water partition coefficient (Wildman–Crippen LogP) is 3.12. The lowest BCUT2D eigenvalue weighted by Gasteiger charge is -2.43. The van der Waals surface area contributed by atoms with Crippen molar-refractivity contribution in [2.75, 3.05) is 50.8 Å². The molecule has 3 aliphatic heterocycles. The summed E-state index contributed by atoms with van der Waals surface area (Å²) in [7, 11) is -3.62. The molecular formula is C24H30F3N3O4S2. The number of aliphatic hydroxyl groups is 1. The number of nitrogens with zero attached hydrogens (tertiary/aromatic N) is 3. The van der Waals surface area contributed by atoms with Gasteiger partial charge in [-0.3, -0.25) is 4.90 Å². The smallest absolute Gasteiger partial charge is 0.377 e. The lowest BCUT2D eigenvalue weighted by Crippen LogP contribution is -2.58. The van der Waals surface area contributed by atoms with Gasteiger partial charge < -0.3 is 14.7 Å². The van der Waals surface area contributed by atoms with Crippen LogP contribution in [0.5, 0.6) is 0 Å². The number of likely N-dealkylation sites (tertiary alicyclic amines) is 1. The van der Waals surface area contributed by atoms with Gasteiger partial charge in [-0.25, -0.2) is 8.42 Å². The molecule has 0 saturated carbocycles. The van der Waals surface area contributed by atoms with Crippen LogP contribution in [0.25, 0.3) is 0 Å². The maximum atomic E-state index is 13.3. The minimum Gasteiger partial charge on any atom is -0.377 e. The normalized spacial score (nSPS) is 27.8. The van der Waals surface area contributed by atoms with Crippen molar-refractivity contribution < 1.29 is 31.4 Å². The Morgan fingerprint density at radius 1 is 1.11 bits per heavy atom. The molecule has 0 aliphatic carbocycles. The number of thiophene rings is 1. The molecule has 1 aromatic heterocycles. The number of fused-ring (bicyclic) bond motifs is 1. The Kier molecular flexibility index (Phi) is 6.88. The molecule has 4 heterocycles. The Morgan fingerprint density at radius 3 is 2.50 bits per heavy atom. The average molecular weight is 546 g/mol. The highest BCUT2D eigenvalue weighted by molar-refractivity contribution is 7.91. The summed E-state index contributed by atoms with van der Waals surface area (Å²) in [4.78, 5) is 4.37. The number of benzene rings is 1. The Morgan fingerprint density at radius 2 is 1.86 bits per heavy atom. The van der Waals surface area contributed by atoms with E-state index in [0.717, 1.165) is 33.0 Å². The van der Waals surface area contributed by atoms with E-state index < -0.39 is 21.8 Å². The van der Waals surface area contributed by atoms with E-state index in [1.165, 1.54) is 27.8 Å². The Bertz CT molecular complexity index is 1140. The molecule has 0 spiro atoms. The Hall–Kier alpha value is -1.70. The first kappa shape index (κ1) is 25.9. The quantitative estimate of drug-likeness (QED) is 0.602. The molecule has 36 heavy (non-hydrogen) atoms. The molecule has 1 aromatic carbocycles. The number of hydrogen-bond acceptors (Lipinski definition) is 7. The van der Waals surface area contributed by atoms with Crippen LogP contribution in [-0.2, 0) is 20.4 Å². The first-order valence-corrected chi connectivity index (χ1v) is 14.3. The van der Waals surface area contributed by atoms with Gasteiger partial charge in [-0.2, -0.15) is 17.5 Å². The summed E-state index contributed by atoms with van der Waals surface area (Å²) < 4.78 is 74.0. The Labute approximate surface area is 213 Å². The Balaban J connectivity index is 1.38. The molecule has 5 rings (SSSR count). The van der Waals surface area contributed by atoms with Crippen LogP contribution in [0.2, 0.25) is 0 Å². The van der Waals surface area contributed by atoms with Crippen LogP contribution in [-0.4, -0.2) is 86.9 Å². The van der Waals surface area contributed by atoms with Crippen LogP contribution in [0.3, 0.4) is 0 Å². The first-order valence-electron chi connectivity index (χ1n) is 12.0. The van der Waals surface area contributed by atoms with E-state index >= 15 is 0 Å². The molecule has 3 fully saturated rings. The van der Waals surface area contributed by atoms with Crippen LogP contribution in [0.4, 0.5) is 18.9 Å². The van der Waals surface area contributed by atoms with Crippen molar-refractivity contribution >= 4 is 27.0 Å². The summed E-state index contributed by atoms with van der Waals surface area (Å²) in [5, 5.41) is 11.8. The number of ether oxygens (including phenoxy) is 1. The maximum Gasteiger partial charge on any atom is 0.421 e. The maximum absolute atomic E-state index is 13.3. The zero-order chi connectivity index (χ0) is 25.7. The van der Waals surface area contributed by atoms with Crippen molar-refractivity contribution in [3.63, 3.8) is 0 Å². The van der Waals surface area contributed by atoms with Crippen LogP contribution in [0.15, 0.2) is 46.0 Å². The summed E-state index contributed by atoms with van der Waals surface area (Å²) >= 11 is 1.19. The number of sulfonamides is 1. The fourth-order valence-electron chi connectivity index (χ4n) is 5.43. The van der Waals surface area contributed by atoms with Gasteiger partial charge in [0, 0.05) is 57.5 Å². The summed E-state index contributed by atoms with van der Waals surface area (Å²) in [6, 6.07) is 8.87. The molecular weight excluding hydrogens is 515 g/mol. The second-order valence-electron chi connectivity index (χ2n) is 9.94. The number of hydrogen-bond donors (Lipinski definition) is 1. The molecule has 3 saturated heterocycles. The van der Waals surface area contributed by atoms with E-state index in [1.807, 2.05) is 0 Å². The van der Waals surface area contributed by atoms with Crippen LogP contribution < -0.4 is 4.90 Å². The third-order valence-electron chi connectivity index (χ3n) is 7.59. The van der Waals surface area contributed by atoms with Gasteiger partial charge in [0.2, 0.25) is 0 Å². The summed E-state index contributed by atoms with van der Waals surface area (Å²) in [5.74, 6) is 0.483. The van der Waals surface area contributed by atoms with Gasteiger partial charge in [-0.15, -0.1) is 11.3 Å². The van der Waals surface area contributed by atoms with E-state index in [2.05, 4.69) is 9.80 Å². The van der Waals surface area contributed by atoms with Crippen molar-refractivity contribution in [2.45, 2.75) is 41.5 Å². The van der Waals surface area contributed by atoms with Gasteiger partial charge in [0.15, 0.2) is 5.60 Å². The second kappa shape index (κ2) is 9.55. The fraction of sp³-hybridized carbons (Fsp3) is 0.583. The molecule has 1 N–H and O–H groups in total. The standard InChI is InChI=1S/C24H30F3N3O4S2/c1-23(31,24(25,26)27)18-4-6-19(7-5-18)30-10-9-29(36(32,33)22-3-2-12-35-22)15-20(30)14-28-13-17-8-11-34-21(17)16-28/h2-7,12,17,20-21,31H,8-11,13-16H2,1H3/t17-,20+,21+,23?/m1/s1. The SMILES string of the molecule is CC(O)(c1ccc(N2CCN(S(=O)(=O)c3cccs3)C[C@@H]2CN2C[C@H]3CCO[C@H]3C2)cc1)C(F)(F)F. The molecule has 0 bridgehead atoms. The van der Waals surface area contributed by atoms with Crippen LogP contribution in [0, 0.1) is 5.92 Å². The van der Waals surface area contributed by atoms with Crippen molar-refractivity contribution in [1.82, 2.24) is 9.21 Å². The van der Waals surface area contributed by atoms with Gasteiger partial charge in [0.25, 0.3) is 10.0 Å². The van der Waals surface area contributed by atoms with Gasteiger partial charge in [0.05, 0.1) is 12.1 Å². The number of anilines is 1. The van der Waals surface area contributed by atoms with E-state index in [-0.39, 0.29) is 30.8 Å².